The van der Waals surface area contributed by atoms with Gasteiger partial charge in [0.15, 0.2) is 0 Å². The zero-order chi connectivity index (χ0) is 23.0. The van der Waals surface area contributed by atoms with Gasteiger partial charge < -0.3 is 5.32 Å². The minimum absolute atomic E-state index is 0.0656. The molecule has 0 saturated heterocycles. The number of anilines is 1. The van der Waals surface area contributed by atoms with Gasteiger partial charge in [0.2, 0.25) is 11.1 Å². The SMILES string of the molecule is CCCCc1ccc(-n2nnnc2SCc2csc(CC(=O)Nc3ccccc3C)n2)cc1. The molecule has 9 heteroatoms. The molecule has 0 aliphatic carbocycles. The third-order valence-corrected chi connectivity index (χ3v) is 6.97. The van der Waals surface area contributed by atoms with E-state index in [9.17, 15) is 4.79 Å². The number of thiazole rings is 1. The van der Waals surface area contributed by atoms with Crippen LogP contribution in [0.2, 0.25) is 0 Å². The zero-order valence-electron chi connectivity index (χ0n) is 18.7. The topological polar surface area (TPSA) is 85.6 Å². The van der Waals surface area contributed by atoms with Crippen molar-refractivity contribution in [3.63, 3.8) is 0 Å². The van der Waals surface area contributed by atoms with E-state index < -0.39 is 0 Å². The molecule has 170 valence electrons. The average molecular weight is 479 g/mol. The lowest BCUT2D eigenvalue weighted by molar-refractivity contribution is -0.115. The largest absolute Gasteiger partial charge is 0.325 e. The molecule has 0 unspecified atom stereocenters. The van der Waals surface area contributed by atoms with Crippen LogP contribution in [0, 0.1) is 6.92 Å². The summed E-state index contributed by atoms with van der Waals surface area (Å²) in [7, 11) is 0. The highest BCUT2D eigenvalue weighted by Gasteiger charge is 2.13. The summed E-state index contributed by atoms with van der Waals surface area (Å²) < 4.78 is 1.75. The van der Waals surface area contributed by atoms with E-state index >= 15 is 0 Å². The van der Waals surface area contributed by atoms with Crippen molar-refractivity contribution in [2.24, 2.45) is 0 Å². The van der Waals surface area contributed by atoms with Crippen LogP contribution in [0.4, 0.5) is 5.69 Å². The van der Waals surface area contributed by atoms with Gasteiger partial charge in [-0.15, -0.1) is 16.4 Å². The number of unbranched alkanes of at least 4 members (excludes halogenated alkanes) is 1. The van der Waals surface area contributed by atoms with Crippen LogP contribution in [0.25, 0.3) is 5.69 Å². The highest BCUT2D eigenvalue weighted by Crippen LogP contribution is 2.24. The average Bonchev–Trinajstić information content (AvgIpc) is 3.47. The first-order valence-electron chi connectivity index (χ1n) is 10.9. The fourth-order valence-corrected chi connectivity index (χ4v) is 4.98. The van der Waals surface area contributed by atoms with Crippen LogP contribution < -0.4 is 5.32 Å². The number of hydrogen-bond donors (Lipinski definition) is 1. The van der Waals surface area contributed by atoms with Crippen LogP contribution >= 0.6 is 23.1 Å². The molecule has 4 rings (SSSR count). The Morgan fingerprint density at radius 1 is 1.15 bits per heavy atom. The van der Waals surface area contributed by atoms with Gasteiger partial charge in [0, 0.05) is 16.8 Å². The van der Waals surface area contributed by atoms with Crippen molar-refractivity contribution in [1.82, 2.24) is 25.2 Å². The molecular formula is C24H26N6OS2. The number of thioether (sulfide) groups is 1. The summed E-state index contributed by atoms with van der Waals surface area (Å²) in [4.78, 5) is 17.0. The molecule has 2 aromatic heterocycles. The van der Waals surface area contributed by atoms with Crippen molar-refractivity contribution in [2.75, 3.05) is 5.32 Å². The van der Waals surface area contributed by atoms with E-state index in [0.29, 0.717) is 10.9 Å². The van der Waals surface area contributed by atoms with E-state index in [4.69, 9.17) is 0 Å². The van der Waals surface area contributed by atoms with Crippen LogP contribution in [-0.2, 0) is 23.4 Å². The second kappa shape index (κ2) is 11.2. The fraction of sp³-hybridized carbons (Fsp3) is 0.292. The van der Waals surface area contributed by atoms with E-state index in [1.54, 1.807) is 4.68 Å². The van der Waals surface area contributed by atoms with Gasteiger partial charge in [0.1, 0.15) is 5.01 Å². The fourth-order valence-electron chi connectivity index (χ4n) is 3.30. The molecule has 0 fully saturated rings. The summed E-state index contributed by atoms with van der Waals surface area (Å²) in [6.45, 7) is 4.17. The van der Waals surface area contributed by atoms with Crippen molar-refractivity contribution >= 4 is 34.7 Å². The van der Waals surface area contributed by atoms with E-state index in [2.05, 4.69) is 57.0 Å². The van der Waals surface area contributed by atoms with Gasteiger partial charge in [-0.2, -0.15) is 4.68 Å². The Bertz CT molecular complexity index is 1200. The number of tetrazole rings is 1. The minimum Gasteiger partial charge on any atom is -0.325 e. The van der Waals surface area contributed by atoms with E-state index in [1.165, 1.54) is 41.5 Å². The lowest BCUT2D eigenvalue weighted by atomic mass is 10.1. The van der Waals surface area contributed by atoms with Gasteiger partial charge in [-0.1, -0.05) is 55.4 Å². The number of amides is 1. The van der Waals surface area contributed by atoms with Crippen LogP contribution in [0.15, 0.2) is 59.1 Å². The summed E-state index contributed by atoms with van der Waals surface area (Å²) >= 11 is 3.02. The Morgan fingerprint density at radius 3 is 2.76 bits per heavy atom. The van der Waals surface area contributed by atoms with Crippen molar-refractivity contribution in [3.05, 3.63) is 75.7 Å². The van der Waals surface area contributed by atoms with Gasteiger partial charge in [-0.3, -0.25) is 4.79 Å². The first kappa shape index (κ1) is 23.1. The minimum atomic E-state index is -0.0656. The molecule has 2 heterocycles. The number of aromatic nitrogens is 5. The zero-order valence-corrected chi connectivity index (χ0v) is 20.3. The van der Waals surface area contributed by atoms with Crippen LogP contribution in [0.1, 0.15) is 41.6 Å². The number of para-hydroxylation sites is 1. The monoisotopic (exact) mass is 478 g/mol. The molecule has 1 N–H and O–H groups in total. The van der Waals surface area contributed by atoms with Gasteiger partial charge in [-0.25, -0.2) is 4.98 Å². The third kappa shape index (κ3) is 6.27. The number of hydrogen-bond acceptors (Lipinski definition) is 7. The molecule has 0 aliphatic heterocycles. The van der Waals surface area contributed by atoms with Crippen molar-refractivity contribution in [3.8, 4) is 5.69 Å². The second-order valence-corrected chi connectivity index (χ2v) is 9.59. The second-order valence-electron chi connectivity index (χ2n) is 7.70. The molecule has 0 atom stereocenters. The van der Waals surface area contributed by atoms with Gasteiger partial charge in [0.05, 0.1) is 17.8 Å². The Morgan fingerprint density at radius 2 is 1.97 bits per heavy atom. The molecule has 1 amide bonds. The molecule has 0 aliphatic rings. The highest BCUT2D eigenvalue weighted by atomic mass is 32.2. The van der Waals surface area contributed by atoms with Gasteiger partial charge in [0.25, 0.3) is 0 Å². The van der Waals surface area contributed by atoms with Crippen LogP contribution in [0.3, 0.4) is 0 Å². The van der Waals surface area contributed by atoms with Crippen molar-refractivity contribution in [1.29, 1.82) is 0 Å². The van der Waals surface area contributed by atoms with Crippen LogP contribution in [0.5, 0.6) is 0 Å². The standard InChI is InChI=1S/C24H26N6OS2/c1-3-4-8-18-10-12-20(13-11-18)30-24(27-28-29-30)33-16-19-15-32-23(25-19)14-22(31)26-21-9-6-5-7-17(21)2/h5-7,9-13,15H,3-4,8,14,16H2,1-2H3,(H,26,31). The molecule has 33 heavy (non-hydrogen) atoms. The van der Waals surface area contributed by atoms with Gasteiger partial charge in [-0.05, 0) is 59.5 Å². The Kier molecular flexibility index (Phi) is 7.85. The number of benzene rings is 2. The lowest BCUT2D eigenvalue weighted by Gasteiger charge is -2.06. The molecule has 0 radical (unpaired) electrons. The normalized spacial score (nSPS) is 11.0. The maximum atomic E-state index is 12.4. The first-order chi connectivity index (χ1) is 16.1. The van der Waals surface area contributed by atoms with Crippen molar-refractivity contribution < 1.29 is 4.79 Å². The summed E-state index contributed by atoms with van der Waals surface area (Å²) in [5, 5.41) is 18.6. The molecule has 0 saturated carbocycles. The first-order valence-corrected chi connectivity index (χ1v) is 12.8. The summed E-state index contributed by atoms with van der Waals surface area (Å²) in [6.07, 6.45) is 3.72. The third-order valence-electron chi connectivity index (χ3n) is 5.12. The molecular weight excluding hydrogens is 452 g/mol. The summed E-state index contributed by atoms with van der Waals surface area (Å²) in [5.74, 6) is 0.564. The quantitative estimate of drug-likeness (QED) is 0.314. The Labute approximate surface area is 201 Å². The van der Waals surface area contributed by atoms with Crippen LogP contribution in [-0.4, -0.2) is 31.1 Å². The van der Waals surface area contributed by atoms with E-state index in [-0.39, 0.29) is 12.3 Å². The molecule has 0 bridgehead atoms. The number of carbonyl (C=O) groups excluding carboxylic acids is 1. The predicted molar refractivity (Wildman–Crippen MR) is 133 cm³/mol. The Balaban J connectivity index is 1.33. The molecule has 0 spiro atoms. The highest BCUT2D eigenvalue weighted by molar-refractivity contribution is 7.98. The summed E-state index contributed by atoms with van der Waals surface area (Å²) in [5.41, 5.74) is 5.04. The molecule has 4 aromatic rings. The number of rotatable bonds is 10. The number of carbonyl (C=O) groups is 1. The number of nitrogens with zero attached hydrogens (tertiary/aromatic N) is 5. The maximum absolute atomic E-state index is 12.4. The lowest BCUT2D eigenvalue weighted by Crippen LogP contribution is -2.15. The van der Waals surface area contributed by atoms with Crippen molar-refractivity contribution in [2.45, 2.75) is 50.4 Å². The van der Waals surface area contributed by atoms with Gasteiger partial charge >= 0.3 is 0 Å². The number of nitrogens with one attached hydrogen (secondary N) is 1. The predicted octanol–water partition coefficient (Wildman–Crippen LogP) is 5.24. The molecule has 2 aromatic carbocycles. The Hall–Kier alpha value is -3.04. The smallest absolute Gasteiger partial charge is 0.231 e. The maximum Gasteiger partial charge on any atom is 0.231 e. The van der Waals surface area contributed by atoms with E-state index in [1.807, 2.05) is 36.6 Å². The summed E-state index contributed by atoms with van der Waals surface area (Å²) in [6, 6.07) is 16.1. The van der Waals surface area contributed by atoms with E-state index in [0.717, 1.165) is 34.1 Å². The number of aryl methyl sites for hydroxylation is 2. The molecule has 7 nitrogen and oxygen atoms in total.